The van der Waals surface area contributed by atoms with E-state index in [1.165, 1.54) is 5.56 Å². The maximum atomic E-state index is 5.71. The van der Waals surface area contributed by atoms with Gasteiger partial charge in [-0.1, -0.05) is 53.6 Å². The SMILES string of the molecule is CN(Cc1ccccc1)c1nnc(-c2ccccc2)o1. The van der Waals surface area contributed by atoms with Gasteiger partial charge in [-0.15, -0.1) is 5.10 Å². The van der Waals surface area contributed by atoms with Crippen LogP contribution in [-0.2, 0) is 6.54 Å². The molecule has 0 bridgehead atoms. The molecule has 3 rings (SSSR count). The van der Waals surface area contributed by atoms with Crippen molar-refractivity contribution in [2.45, 2.75) is 6.54 Å². The van der Waals surface area contributed by atoms with Crippen LogP contribution >= 0.6 is 0 Å². The summed E-state index contributed by atoms with van der Waals surface area (Å²) in [6.07, 6.45) is 0. The number of aromatic nitrogens is 2. The molecule has 4 nitrogen and oxygen atoms in total. The summed E-state index contributed by atoms with van der Waals surface area (Å²) >= 11 is 0. The zero-order chi connectivity index (χ0) is 13.8. The normalized spacial score (nSPS) is 10.4. The number of anilines is 1. The maximum Gasteiger partial charge on any atom is 0.318 e. The van der Waals surface area contributed by atoms with E-state index in [-0.39, 0.29) is 0 Å². The fraction of sp³-hybridized carbons (Fsp3) is 0.125. The number of hydrogen-bond donors (Lipinski definition) is 0. The number of benzene rings is 2. The molecule has 3 aromatic rings. The van der Waals surface area contributed by atoms with E-state index in [0.717, 1.165) is 12.1 Å². The van der Waals surface area contributed by atoms with Gasteiger partial charge in [-0.3, -0.25) is 0 Å². The van der Waals surface area contributed by atoms with Gasteiger partial charge in [-0.05, 0) is 17.7 Å². The van der Waals surface area contributed by atoms with Crippen LogP contribution in [0.3, 0.4) is 0 Å². The lowest BCUT2D eigenvalue weighted by molar-refractivity contribution is 0.555. The largest absolute Gasteiger partial charge is 0.403 e. The summed E-state index contributed by atoms with van der Waals surface area (Å²) in [6.45, 7) is 0.733. The summed E-state index contributed by atoms with van der Waals surface area (Å²) < 4.78 is 5.71. The topological polar surface area (TPSA) is 42.2 Å². The highest BCUT2D eigenvalue weighted by atomic mass is 16.4. The van der Waals surface area contributed by atoms with E-state index in [0.29, 0.717) is 11.9 Å². The first-order valence-electron chi connectivity index (χ1n) is 6.47. The molecule has 0 aliphatic heterocycles. The second-order valence-electron chi connectivity index (χ2n) is 4.60. The highest BCUT2D eigenvalue weighted by Crippen LogP contribution is 2.21. The monoisotopic (exact) mass is 265 g/mol. The van der Waals surface area contributed by atoms with E-state index in [4.69, 9.17) is 4.42 Å². The van der Waals surface area contributed by atoms with Crippen LogP contribution in [0.4, 0.5) is 6.01 Å². The molecule has 4 heteroatoms. The smallest absolute Gasteiger partial charge is 0.318 e. The van der Waals surface area contributed by atoms with Crippen molar-refractivity contribution in [3.63, 3.8) is 0 Å². The van der Waals surface area contributed by atoms with E-state index in [1.807, 2.05) is 60.5 Å². The predicted molar refractivity (Wildman–Crippen MR) is 78.3 cm³/mol. The van der Waals surface area contributed by atoms with Crippen molar-refractivity contribution in [1.29, 1.82) is 0 Å². The first-order valence-corrected chi connectivity index (χ1v) is 6.47. The van der Waals surface area contributed by atoms with Crippen LogP contribution in [0.5, 0.6) is 0 Å². The van der Waals surface area contributed by atoms with Crippen LogP contribution in [0.1, 0.15) is 5.56 Å². The van der Waals surface area contributed by atoms with Crippen molar-refractivity contribution in [2.24, 2.45) is 0 Å². The number of rotatable bonds is 4. The predicted octanol–water partition coefficient (Wildman–Crippen LogP) is 3.37. The van der Waals surface area contributed by atoms with Crippen LogP contribution in [0, 0.1) is 0 Å². The average molecular weight is 265 g/mol. The Morgan fingerprint density at radius 1 is 0.900 bits per heavy atom. The van der Waals surface area contributed by atoms with Crippen molar-refractivity contribution in [2.75, 3.05) is 11.9 Å². The van der Waals surface area contributed by atoms with Crippen molar-refractivity contribution in [3.8, 4) is 11.5 Å². The summed E-state index contributed by atoms with van der Waals surface area (Å²) in [5, 5.41) is 8.19. The van der Waals surface area contributed by atoms with E-state index in [2.05, 4.69) is 22.3 Å². The summed E-state index contributed by atoms with van der Waals surface area (Å²) in [5.41, 5.74) is 2.13. The molecule has 0 spiro atoms. The zero-order valence-corrected chi connectivity index (χ0v) is 11.2. The van der Waals surface area contributed by atoms with Gasteiger partial charge in [-0.2, -0.15) is 0 Å². The third-order valence-corrected chi connectivity index (χ3v) is 3.02. The molecule has 0 amide bonds. The number of hydrogen-bond acceptors (Lipinski definition) is 4. The average Bonchev–Trinajstić information content (AvgIpc) is 2.99. The summed E-state index contributed by atoms with van der Waals surface area (Å²) in [4.78, 5) is 1.94. The van der Waals surface area contributed by atoms with Crippen LogP contribution in [-0.4, -0.2) is 17.2 Å². The second kappa shape index (κ2) is 5.57. The quantitative estimate of drug-likeness (QED) is 0.725. The Morgan fingerprint density at radius 3 is 2.25 bits per heavy atom. The van der Waals surface area contributed by atoms with E-state index in [1.54, 1.807) is 0 Å². The van der Waals surface area contributed by atoms with E-state index >= 15 is 0 Å². The first kappa shape index (κ1) is 12.4. The summed E-state index contributed by atoms with van der Waals surface area (Å²) in [6, 6.07) is 20.5. The molecule has 0 aliphatic carbocycles. The van der Waals surface area contributed by atoms with Gasteiger partial charge >= 0.3 is 6.01 Å². The van der Waals surface area contributed by atoms with Gasteiger partial charge in [0.25, 0.3) is 0 Å². The van der Waals surface area contributed by atoms with Gasteiger partial charge in [0.15, 0.2) is 0 Å². The molecular formula is C16H15N3O. The van der Waals surface area contributed by atoms with Gasteiger partial charge in [0.05, 0.1) is 0 Å². The van der Waals surface area contributed by atoms with Gasteiger partial charge in [-0.25, -0.2) is 0 Å². The van der Waals surface area contributed by atoms with E-state index in [9.17, 15) is 0 Å². The molecule has 0 saturated carbocycles. The molecule has 0 unspecified atom stereocenters. The Hall–Kier alpha value is -2.62. The third kappa shape index (κ3) is 2.69. The van der Waals surface area contributed by atoms with Gasteiger partial charge in [0.1, 0.15) is 0 Å². The fourth-order valence-corrected chi connectivity index (χ4v) is 1.99. The molecule has 2 aromatic carbocycles. The minimum atomic E-state index is 0.521. The molecular weight excluding hydrogens is 250 g/mol. The Bertz CT molecular complexity index is 664. The summed E-state index contributed by atoms with van der Waals surface area (Å²) in [7, 11) is 1.94. The first-order chi connectivity index (χ1) is 9.83. The summed E-state index contributed by atoms with van der Waals surface area (Å²) in [5.74, 6) is 0.542. The minimum Gasteiger partial charge on any atom is -0.403 e. The zero-order valence-electron chi connectivity index (χ0n) is 11.2. The lowest BCUT2D eigenvalue weighted by Gasteiger charge is -2.13. The van der Waals surface area contributed by atoms with Crippen LogP contribution < -0.4 is 4.90 Å². The Labute approximate surface area is 117 Å². The molecule has 1 heterocycles. The van der Waals surface area contributed by atoms with Gasteiger partial charge < -0.3 is 9.32 Å². The molecule has 20 heavy (non-hydrogen) atoms. The molecule has 0 N–H and O–H groups in total. The Kier molecular flexibility index (Phi) is 3.46. The van der Waals surface area contributed by atoms with Crippen LogP contribution in [0.25, 0.3) is 11.5 Å². The molecule has 0 saturated heterocycles. The lowest BCUT2D eigenvalue weighted by atomic mass is 10.2. The van der Waals surface area contributed by atoms with Crippen LogP contribution in [0.2, 0.25) is 0 Å². The van der Waals surface area contributed by atoms with Crippen molar-refractivity contribution >= 4 is 6.01 Å². The lowest BCUT2D eigenvalue weighted by Crippen LogP contribution is -2.16. The molecule has 0 radical (unpaired) electrons. The highest BCUT2D eigenvalue weighted by molar-refractivity contribution is 5.53. The van der Waals surface area contributed by atoms with Gasteiger partial charge in [0, 0.05) is 19.2 Å². The Morgan fingerprint density at radius 2 is 1.55 bits per heavy atom. The third-order valence-electron chi connectivity index (χ3n) is 3.02. The molecule has 100 valence electrons. The van der Waals surface area contributed by atoms with Crippen molar-refractivity contribution in [3.05, 3.63) is 66.2 Å². The minimum absolute atomic E-state index is 0.521. The van der Waals surface area contributed by atoms with Crippen LogP contribution in [0.15, 0.2) is 65.1 Å². The van der Waals surface area contributed by atoms with Gasteiger partial charge in [0.2, 0.25) is 5.89 Å². The molecule has 0 aliphatic rings. The highest BCUT2D eigenvalue weighted by Gasteiger charge is 2.12. The standard InChI is InChI=1S/C16H15N3O/c1-19(12-13-8-4-2-5-9-13)16-18-17-15(20-16)14-10-6-3-7-11-14/h2-11H,12H2,1H3. The van der Waals surface area contributed by atoms with Crippen molar-refractivity contribution < 1.29 is 4.42 Å². The maximum absolute atomic E-state index is 5.71. The molecule has 0 atom stereocenters. The molecule has 0 fully saturated rings. The fourth-order valence-electron chi connectivity index (χ4n) is 1.99. The second-order valence-corrected chi connectivity index (χ2v) is 4.60. The van der Waals surface area contributed by atoms with E-state index < -0.39 is 0 Å². The Balaban J connectivity index is 1.77. The van der Waals surface area contributed by atoms with Crippen molar-refractivity contribution in [1.82, 2.24) is 10.2 Å². The molecule has 1 aromatic heterocycles. The number of nitrogens with zero attached hydrogens (tertiary/aromatic N) is 3.